The van der Waals surface area contributed by atoms with Crippen LogP contribution in [0.15, 0.2) is 269 Å². The Bertz CT molecular complexity index is 3900. The van der Waals surface area contributed by atoms with Crippen molar-refractivity contribution in [2.75, 3.05) is 9.80 Å². The summed E-state index contributed by atoms with van der Waals surface area (Å²) in [5.41, 5.74) is 19.4. The molecule has 2 heterocycles. The van der Waals surface area contributed by atoms with E-state index < -0.39 is 0 Å². The largest absolute Gasteiger partial charge is 0.455 e. The first-order chi connectivity index (χ1) is 34.7. The Balaban J connectivity index is 0.731. The average molecular weight is 899 g/mol. The second kappa shape index (κ2) is 17.5. The van der Waals surface area contributed by atoms with Crippen molar-refractivity contribution in [1.29, 1.82) is 0 Å². The molecule has 13 rings (SSSR count). The van der Waals surface area contributed by atoms with Gasteiger partial charge in [0.1, 0.15) is 16.7 Å². The number of rotatable bonds is 10. The summed E-state index contributed by atoms with van der Waals surface area (Å²) in [6, 6.07) is 84.3. The van der Waals surface area contributed by atoms with Gasteiger partial charge >= 0.3 is 0 Å². The highest BCUT2D eigenvalue weighted by atomic mass is 16.3. The van der Waals surface area contributed by atoms with E-state index in [0.717, 1.165) is 102 Å². The molecular weight excluding hydrogens is 853 g/mol. The number of hydrogen-bond donors (Lipinski definition) is 0. The number of fused-ring (bicyclic) bond motifs is 6. The molecule has 0 aliphatic heterocycles. The van der Waals surface area contributed by atoms with Crippen LogP contribution in [0.2, 0.25) is 0 Å². The molecule has 0 bridgehead atoms. The van der Waals surface area contributed by atoms with Gasteiger partial charge in [-0.3, -0.25) is 0 Å². The molecule has 0 fully saturated rings. The molecule has 1 aliphatic rings. The van der Waals surface area contributed by atoms with Crippen molar-refractivity contribution < 1.29 is 8.83 Å². The SMILES string of the molecule is C1=CC(N(c2ccc(-c3ccc(-c4ccc(-c5ccc(N(c6ccccc6)c6ccc(-c7cccc8c7oc7ccccc78)cc6)cc5)cc4)cc3)cc2)c2cccc3c2oc2ccccc23)=CCC1. The summed E-state index contributed by atoms with van der Waals surface area (Å²) in [4.78, 5) is 4.64. The minimum Gasteiger partial charge on any atom is -0.455 e. The van der Waals surface area contributed by atoms with Gasteiger partial charge in [0.05, 0.1) is 5.69 Å². The second-order valence-corrected chi connectivity index (χ2v) is 17.9. The number of anilines is 5. The van der Waals surface area contributed by atoms with Crippen molar-refractivity contribution in [3.05, 3.63) is 261 Å². The number of nitrogens with zero attached hydrogens (tertiary/aromatic N) is 2. The smallest absolute Gasteiger partial charge is 0.159 e. The van der Waals surface area contributed by atoms with E-state index in [0.29, 0.717) is 0 Å². The first kappa shape index (κ1) is 41.1. The van der Waals surface area contributed by atoms with Gasteiger partial charge in [0.25, 0.3) is 0 Å². The molecule has 0 unspecified atom stereocenters. The Labute approximate surface area is 406 Å². The topological polar surface area (TPSA) is 32.8 Å². The van der Waals surface area contributed by atoms with E-state index in [2.05, 4.69) is 240 Å². The predicted octanol–water partition coefficient (Wildman–Crippen LogP) is 19.0. The first-order valence-corrected chi connectivity index (χ1v) is 24.0. The zero-order valence-corrected chi connectivity index (χ0v) is 38.4. The van der Waals surface area contributed by atoms with Gasteiger partial charge in [0.2, 0.25) is 0 Å². The molecule has 4 nitrogen and oxygen atoms in total. The highest BCUT2D eigenvalue weighted by molar-refractivity contribution is 6.11. The van der Waals surface area contributed by atoms with Crippen LogP contribution in [-0.4, -0.2) is 0 Å². The third-order valence-corrected chi connectivity index (χ3v) is 13.7. The minimum absolute atomic E-state index is 0.896. The van der Waals surface area contributed by atoms with Crippen LogP contribution in [0.4, 0.5) is 28.4 Å². The molecule has 0 amide bonds. The summed E-state index contributed by atoms with van der Waals surface area (Å²) in [7, 11) is 0. The van der Waals surface area contributed by atoms with Crippen LogP contribution in [0.5, 0.6) is 0 Å². The number of allylic oxidation sites excluding steroid dienone is 3. The lowest BCUT2D eigenvalue weighted by Gasteiger charge is -2.27. The van der Waals surface area contributed by atoms with Crippen molar-refractivity contribution in [2.24, 2.45) is 0 Å². The minimum atomic E-state index is 0.896. The number of para-hydroxylation sites is 5. The molecule has 10 aromatic carbocycles. The number of benzene rings is 10. The highest BCUT2D eigenvalue weighted by Crippen LogP contribution is 2.43. The van der Waals surface area contributed by atoms with Gasteiger partial charge in [0.15, 0.2) is 5.58 Å². The van der Waals surface area contributed by atoms with Gasteiger partial charge in [-0.1, -0.05) is 182 Å². The molecule has 70 heavy (non-hydrogen) atoms. The quantitative estimate of drug-likeness (QED) is 0.137. The monoisotopic (exact) mass is 898 g/mol. The van der Waals surface area contributed by atoms with Crippen molar-refractivity contribution in [3.63, 3.8) is 0 Å². The van der Waals surface area contributed by atoms with E-state index >= 15 is 0 Å². The fraction of sp³-hybridized carbons (Fsp3) is 0.0303. The Morgan fingerprint density at radius 2 is 0.714 bits per heavy atom. The zero-order valence-electron chi connectivity index (χ0n) is 38.4. The van der Waals surface area contributed by atoms with Gasteiger partial charge in [0, 0.05) is 55.6 Å². The van der Waals surface area contributed by atoms with Crippen LogP contribution < -0.4 is 9.80 Å². The molecule has 0 N–H and O–H groups in total. The van der Waals surface area contributed by atoms with E-state index in [4.69, 9.17) is 8.83 Å². The summed E-state index contributed by atoms with van der Waals surface area (Å²) in [5.74, 6) is 0. The van der Waals surface area contributed by atoms with Crippen LogP contribution in [-0.2, 0) is 0 Å². The van der Waals surface area contributed by atoms with Gasteiger partial charge in [-0.2, -0.15) is 0 Å². The molecule has 0 radical (unpaired) electrons. The second-order valence-electron chi connectivity index (χ2n) is 17.9. The summed E-state index contributed by atoms with van der Waals surface area (Å²) in [6.07, 6.45) is 8.87. The van der Waals surface area contributed by atoms with Crippen LogP contribution in [0.25, 0.3) is 88.4 Å². The predicted molar refractivity (Wildman–Crippen MR) is 292 cm³/mol. The highest BCUT2D eigenvalue weighted by Gasteiger charge is 2.21. The Morgan fingerprint density at radius 1 is 0.300 bits per heavy atom. The normalized spacial score (nSPS) is 12.5. The fourth-order valence-corrected chi connectivity index (χ4v) is 10.2. The molecule has 0 saturated heterocycles. The number of hydrogen-bond acceptors (Lipinski definition) is 4. The van der Waals surface area contributed by atoms with Crippen molar-refractivity contribution in [2.45, 2.75) is 12.8 Å². The standard InChI is InChI=1S/C66H46N2O2/c1-3-13-52(14-4-1)67(55-43-37-51(38-44-55)57-19-11-20-60-58-17-7-9-23-63(58)69-65(57)60)54-39-33-49(34-40-54)47-29-25-45(26-30-47)46-27-31-48(32-28-46)50-35-41-56(42-36-50)68(53-15-5-2-6-16-53)62-22-12-21-61-59-18-8-10-24-64(59)70-66(61)62/h1,3-5,7-44H,2,6H2. The lowest BCUT2D eigenvalue weighted by molar-refractivity contribution is 0.668. The average Bonchev–Trinajstić information content (AvgIpc) is 4.02. The Hall–Kier alpha value is -9.12. The lowest BCUT2D eigenvalue weighted by Crippen LogP contribution is -2.16. The van der Waals surface area contributed by atoms with E-state index in [1.807, 2.05) is 24.3 Å². The van der Waals surface area contributed by atoms with Gasteiger partial charge in [-0.15, -0.1) is 0 Å². The first-order valence-electron chi connectivity index (χ1n) is 24.0. The molecule has 0 spiro atoms. The zero-order chi connectivity index (χ0) is 46.4. The molecule has 0 saturated carbocycles. The molecule has 4 heteroatoms. The molecule has 1 aliphatic carbocycles. The lowest BCUT2D eigenvalue weighted by atomic mass is 9.97. The molecule has 12 aromatic rings. The van der Waals surface area contributed by atoms with Crippen molar-refractivity contribution in [3.8, 4) is 44.5 Å². The van der Waals surface area contributed by atoms with Gasteiger partial charge < -0.3 is 18.6 Å². The van der Waals surface area contributed by atoms with E-state index in [-0.39, 0.29) is 0 Å². The molecule has 0 atom stereocenters. The summed E-state index contributed by atoms with van der Waals surface area (Å²) < 4.78 is 12.9. The molecule has 332 valence electrons. The summed E-state index contributed by atoms with van der Waals surface area (Å²) in [5, 5.41) is 4.53. The van der Waals surface area contributed by atoms with E-state index in [9.17, 15) is 0 Å². The Kier molecular flexibility index (Phi) is 10.3. The van der Waals surface area contributed by atoms with Crippen LogP contribution in [0.3, 0.4) is 0 Å². The third kappa shape index (κ3) is 7.44. The Morgan fingerprint density at radius 3 is 1.24 bits per heavy atom. The van der Waals surface area contributed by atoms with Crippen molar-refractivity contribution >= 4 is 72.3 Å². The summed E-state index contributed by atoms with van der Waals surface area (Å²) >= 11 is 0. The van der Waals surface area contributed by atoms with Crippen LogP contribution >= 0.6 is 0 Å². The fourth-order valence-electron chi connectivity index (χ4n) is 10.2. The maximum Gasteiger partial charge on any atom is 0.159 e. The van der Waals surface area contributed by atoms with E-state index in [1.54, 1.807) is 0 Å². The third-order valence-electron chi connectivity index (χ3n) is 13.7. The van der Waals surface area contributed by atoms with Crippen LogP contribution in [0, 0.1) is 0 Å². The number of furan rings is 2. The van der Waals surface area contributed by atoms with Gasteiger partial charge in [-0.05, 0) is 125 Å². The maximum absolute atomic E-state index is 6.52. The molecule has 2 aromatic heterocycles. The van der Waals surface area contributed by atoms with Gasteiger partial charge in [-0.25, -0.2) is 0 Å². The molecular formula is C66H46N2O2. The summed E-state index contributed by atoms with van der Waals surface area (Å²) in [6.45, 7) is 0. The van der Waals surface area contributed by atoms with Crippen molar-refractivity contribution in [1.82, 2.24) is 0 Å². The maximum atomic E-state index is 6.52. The van der Waals surface area contributed by atoms with E-state index in [1.165, 1.54) is 33.4 Å². The van der Waals surface area contributed by atoms with Crippen LogP contribution in [0.1, 0.15) is 12.8 Å².